The van der Waals surface area contributed by atoms with Gasteiger partial charge in [-0.2, -0.15) is 5.26 Å². The molecule has 144 valence electrons. The molecule has 0 aliphatic heterocycles. The number of nitrogens with zero attached hydrogens (tertiary/aromatic N) is 1. The van der Waals surface area contributed by atoms with E-state index in [0.29, 0.717) is 11.3 Å². The van der Waals surface area contributed by atoms with Crippen molar-refractivity contribution in [2.75, 3.05) is 17.2 Å². The molecule has 28 heavy (non-hydrogen) atoms. The Kier molecular flexibility index (Phi) is 6.51. The average molecular weight is 379 g/mol. The number of nitriles is 1. The standard InChI is InChI=1S/C21H21N3O4/c1-4-28-18(25)16-7-5-6-8-17(16)24-20(27)21(2,3)19(26)23-15-11-9-14(13-22)10-12-15/h5-12H,4H2,1-3H3,(H,23,26)(H,24,27). The maximum absolute atomic E-state index is 12.7. The van der Waals surface area contributed by atoms with Crippen molar-refractivity contribution in [3.05, 3.63) is 59.7 Å². The smallest absolute Gasteiger partial charge is 0.340 e. The molecule has 0 atom stereocenters. The van der Waals surface area contributed by atoms with E-state index in [1.807, 2.05) is 6.07 Å². The van der Waals surface area contributed by atoms with Crippen molar-refractivity contribution < 1.29 is 19.1 Å². The van der Waals surface area contributed by atoms with Gasteiger partial charge in [0.1, 0.15) is 5.41 Å². The van der Waals surface area contributed by atoms with Gasteiger partial charge in [0, 0.05) is 5.69 Å². The fourth-order valence-corrected chi connectivity index (χ4v) is 2.28. The molecular formula is C21H21N3O4. The van der Waals surface area contributed by atoms with Crippen molar-refractivity contribution in [1.29, 1.82) is 5.26 Å². The van der Waals surface area contributed by atoms with Gasteiger partial charge in [0.15, 0.2) is 0 Å². The summed E-state index contributed by atoms with van der Waals surface area (Å²) in [7, 11) is 0. The quantitative estimate of drug-likeness (QED) is 0.591. The zero-order valence-corrected chi connectivity index (χ0v) is 15.9. The van der Waals surface area contributed by atoms with E-state index in [1.54, 1.807) is 49.4 Å². The number of anilines is 2. The van der Waals surface area contributed by atoms with Gasteiger partial charge in [-0.05, 0) is 57.2 Å². The van der Waals surface area contributed by atoms with E-state index < -0.39 is 23.2 Å². The molecule has 0 saturated heterocycles. The minimum absolute atomic E-state index is 0.208. The van der Waals surface area contributed by atoms with Crippen LogP contribution in [0.1, 0.15) is 36.7 Å². The van der Waals surface area contributed by atoms with Crippen LogP contribution in [-0.2, 0) is 14.3 Å². The Balaban J connectivity index is 2.15. The highest BCUT2D eigenvalue weighted by atomic mass is 16.5. The first-order valence-corrected chi connectivity index (χ1v) is 8.68. The third-order valence-electron chi connectivity index (χ3n) is 4.08. The van der Waals surface area contributed by atoms with Gasteiger partial charge in [-0.3, -0.25) is 9.59 Å². The fraction of sp³-hybridized carbons (Fsp3) is 0.238. The summed E-state index contributed by atoms with van der Waals surface area (Å²) >= 11 is 0. The van der Waals surface area contributed by atoms with Gasteiger partial charge in [0.25, 0.3) is 0 Å². The van der Waals surface area contributed by atoms with Crippen LogP contribution < -0.4 is 10.6 Å². The van der Waals surface area contributed by atoms with Gasteiger partial charge in [-0.1, -0.05) is 12.1 Å². The molecular weight excluding hydrogens is 358 g/mol. The lowest BCUT2D eigenvalue weighted by molar-refractivity contribution is -0.135. The number of benzene rings is 2. The molecule has 2 rings (SSSR count). The Hall–Kier alpha value is -3.66. The van der Waals surface area contributed by atoms with Crippen molar-refractivity contribution in [3.63, 3.8) is 0 Å². The molecule has 0 unspecified atom stereocenters. The summed E-state index contributed by atoms with van der Waals surface area (Å²) in [5.74, 6) is -1.66. The monoisotopic (exact) mass is 379 g/mol. The van der Waals surface area contributed by atoms with E-state index in [9.17, 15) is 14.4 Å². The summed E-state index contributed by atoms with van der Waals surface area (Å²) in [5.41, 5.74) is -0.0102. The second-order valence-corrected chi connectivity index (χ2v) is 6.49. The summed E-state index contributed by atoms with van der Waals surface area (Å²) in [4.78, 5) is 37.4. The molecule has 2 aromatic carbocycles. The number of amides is 2. The van der Waals surface area contributed by atoms with Crippen LogP contribution in [-0.4, -0.2) is 24.4 Å². The van der Waals surface area contributed by atoms with Crippen LogP contribution in [0.5, 0.6) is 0 Å². The lowest BCUT2D eigenvalue weighted by Crippen LogP contribution is -2.41. The Morgan fingerprint density at radius 2 is 1.61 bits per heavy atom. The highest BCUT2D eigenvalue weighted by molar-refractivity contribution is 6.15. The van der Waals surface area contributed by atoms with Crippen LogP contribution in [0.3, 0.4) is 0 Å². The SMILES string of the molecule is CCOC(=O)c1ccccc1NC(=O)C(C)(C)C(=O)Nc1ccc(C#N)cc1. The predicted octanol–water partition coefficient (Wildman–Crippen LogP) is 3.34. The Morgan fingerprint density at radius 1 is 1.00 bits per heavy atom. The minimum atomic E-state index is -1.42. The molecule has 2 amide bonds. The molecule has 0 aliphatic rings. The summed E-state index contributed by atoms with van der Waals surface area (Å²) in [6.07, 6.45) is 0. The molecule has 7 heteroatoms. The molecule has 2 N–H and O–H groups in total. The molecule has 0 aliphatic carbocycles. The highest BCUT2D eigenvalue weighted by Gasteiger charge is 2.36. The number of rotatable bonds is 6. The second-order valence-electron chi connectivity index (χ2n) is 6.49. The summed E-state index contributed by atoms with van der Waals surface area (Å²) < 4.78 is 4.99. The lowest BCUT2D eigenvalue weighted by Gasteiger charge is -2.23. The molecule has 7 nitrogen and oxygen atoms in total. The Bertz CT molecular complexity index is 927. The van der Waals surface area contributed by atoms with E-state index in [1.165, 1.54) is 19.9 Å². The number of hydrogen-bond donors (Lipinski definition) is 2. The Labute approximate surface area is 163 Å². The van der Waals surface area contributed by atoms with Crippen molar-refractivity contribution in [2.45, 2.75) is 20.8 Å². The maximum Gasteiger partial charge on any atom is 0.340 e. The first-order valence-electron chi connectivity index (χ1n) is 8.68. The molecule has 0 bridgehead atoms. The fourth-order valence-electron chi connectivity index (χ4n) is 2.28. The van der Waals surface area contributed by atoms with Gasteiger partial charge in [-0.15, -0.1) is 0 Å². The van der Waals surface area contributed by atoms with Crippen LogP contribution in [0.2, 0.25) is 0 Å². The van der Waals surface area contributed by atoms with Gasteiger partial charge < -0.3 is 15.4 Å². The molecule has 0 radical (unpaired) electrons. The van der Waals surface area contributed by atoms with E-state index in [-0.39, 0.29) is 17.9 Å². The van der Waals surface area contributed by atoms with Crippen molar-refractivity contribution in [3.8, 4) is 6.07 Å². The maximum atomic E-state index is 12.7. The third kappa shape index (κ3) is 4.74. The van der Waals surface area contributed by atoms with Crippen LogP contribution in [0.15, 0.2) is 48.5 Å². The molecule has 2 aromatic rings. The highest BCUT2D eigenvalue weighted by Crippen LogP contribution is 2.24. The van der Waals surface area contributed by atoms with E-state index in [0.717, 1.165) is 0 Å². The van der Waals surface area contributed by atoms with E-state index in [4.69, 9.17) is 10.00 Å². The van der Waals surface area contributed by atoms with Crippen molar-refractivity contribution in [1.82, 2.24) is 0 Å². The summed E-state index contributed by atoms with van der Waals surface area (Å²) in [6.45, 7) is 4.86. The van der Waals surface area contributed by atoms with Crippen molar-refractivity contribution in [2.24, 2.45) is 5.41 Å². The zero-order valence-electron chi connectivity index (χ0n) is 15.9. The Morgan fingerprint density at radius 3 is 2.21 bits per heavy atom. The third-order valence-corrected chi connectivity index (χ3v) is 4.08. The number of ether oxygens (including phenoxy) is 1. The van der Waals surface area contributed by atoms with Crippen molar-refractivity contribution >= 4 is 29.2 Å². The number of para-hydroxylation sites is 1. The van der Waals surface area contributed by atoms with Crippen LogP contribution in [0.25, 0.3) is 0 Å². The predicted molar refractivity (Wildman–Crippen MR) is 105 cm³/mol. The molecule has 0 spiro atoms. The lowest BCUT2D eigenvalue weighted by atomic mass is 9.90. The van der Waals surface area contributed by atoms with E-state index >= 15 is 0 Å². The molecule has 0 saturated carbocycles. The van der Waals surface area contributed by atoms with Crippen LogP contribution >= 0.6 is 0 Å². The first-order chi connectivity index (χ1) is 13.3. The van der Waals surface area contributed by atoms with Gasteiger partial charge in [0.2, 0.25) is 11.8 Å². The van der Waals surface area contributed by atoms with Gasteiger partial charge in [-0.25, -0.2) is 4.79 Å². The summed E-state index contributed by atoms with van der Waals surface area (Å²) in [6, 6.07) is 14.7. The second kappa shape index (κ2) is 8.82. The van der Waals surface area contributed by atoms with Gasteiger partial charge >= 0.3 is 5.97 Å². The topological polar surface area (TPSA) is 108 Å². The average Bonchev–Trinajstić information content (AvgIpc) is 2.69. The normalized spacial score (nSPS) is 10.5. The molecule has 0 aromatic heterocycles. The number of carbonyl (C=O) groups excluding carboxylic acids is 3. The minimum Gasteiger partial charge on any atom is -0.462 e. The van der Waals surface area contributed by atoms with E-state index in [2.05, 4.69) is 10.6 Å². The zero-order chi connectivity index (χ0) is 20.7. The number of hydrogen-bond acceptors (Lipinski definition) is 5. The first kappa shape index (κ1) is 20.6. The largest absolute Gasteiger partial charge is 0.462 e. The molecule has 0 heterocycles. The number of carbonyl (C=O) groups is 3. The van der Waals surface area contributed by atoms with Gasteiger partial charge in [0.05, 0.1) is 29.5 Å². The van der Waals surface area contributed by atoms with Crippen LogP contribution in [0.4, 0.5) is 11.4 Å². The molecule has 0 fully saturated rings. The van der Waals surface area contributed by atoms with Crippen LogP contribution in [0, 0.1) is 16.7 Å². The number of nitrogens with one attached hydrogen (secondary N) is 2. The summed E-state index contributed by atoms with van der Waals surface area (Å²) in [5, 5.41) is 14.1. The number of esters is 1.